The lowest BCUT2D eigenvalue weighted by atomic mass is 10.2. The van der Waals surface area contributed by atoms with E-state index in [0.29, 0.717) is 5.02 Å². The van der Waals surface area contributed by atoms with Gasteiger partial charge in [-0.25, -0.2) is 14.6 Å². The molecule has 0 aliphatic rings. The van der Waals surface area contributed by atoms with Crippen LogP contribution in [0.5, 0.6) is 0 Å². The van der Waals surface area contributed by atoms with Gasteiger partial charge in [-0.05, 0) is 18.2 Å². The largest absolute Gasteiger partial charge is 0.478 e. The van der Waals surface area contributed by atoms with Crippen molar-refractivity contribution in [3.63, 3.8) is 0 Å². The number of hydrogen-bond acceptors (Lipinski definition) is 3. The minimum absolute atomic E-state index is 0.0247. The Hall–Kier alpha value is -1.79. The number of nitrogens with one attached hydrogen (secondary N) is 2. The number of benzene rings is 1. The number of urea groups is 1. The Kier molecular flexibility index (Phi) is 4.30. The number of hydrogen-bond donors (Lipinski definition) is 3. The topological polar surface area (TPSA) is 81.7 Å². The Bertz CT molecular complexity index is 448. The monoisotopic (exact) mass is 257 g/mol. The molecule has 0 aliphatic carbocycles. The summed E-state index contributed by atoms with van der Waals surface area (Å²) < 4.78 is 0. The highest BCUT2D eigenvalue weighted by Gasteiger charge is 2.12. The lowest BCUT2D eigenvalue weighted by Crippen LogP contribution is -2.39. The van der Waals surface area contributed by atoms with E-state index >= 15 is 0 Å². The predicted molar refractivity (Wildman–Crippen MR) is 64.3 cm³/mol. The third-order valence-electron chi connectivity index (χ3n) is 1.79. The zero-order valence-corrected chi connectivity index (χ0v) is 10.1. The first-order valence-electron chi connectivity index (χ1n) is 4.68. The Morgan fingerprint density at radius 3 is 2.53 bits per heavy atom. The molecule has 1 aromatic carbocycles. The molecule has 7 heteroatoms. The van der Waals surface area contributed by atoms with E-state index in [1.54, 1.807) is 14.1 Å². The molecule has 1 aromatic rings. The van der Waals surface area contributed by atoms with E-state index in [-0.39, 0.29) is 11.3 Å². The average molecular weight is 258 g/mol. The van der Waals surface area contributed by atoms with Gasteiger partial charge in [0.25, 0.3) is 0 Å². The quantitative estimate of drug-likeness (QED) is 0.719. The molecule has 0 saturated carbocycles. The van der Waals surface area contributed by atoms with Crippen LogP contribution in [0.25, 0.3) is 0 Å². The van der Waals surface area contributed by atoms with Crippen molar-refractivity contribution in [1.29, 1.82) is 0 Å². The van der Waals surface area contributed by atoms with Crippen LogP contribution < -0.4 is 10.7 Å². The van der Waals surface area contributed by atoms with Crippen molar-refractivity contribution in [2.45, 2.75) is 0 Å². The van der Waals surface area contributed by atoms with Gasteiger partial charge < -0.3 is 10.4 Å². The molecule has 0 bridgehead atoms. The second kappa shape index (κ2) is 5.51. The molecule has 0 atom stereocenters. The average Bonchev–Trinajstić information content (AvgIpc) is 2.15. The van der Waals surface area contributed by atoms with Gasteiger partial charge in [-0.1, -0.05) is 11.6 Å². The highest BCUT2D eigenvalue weighted by Crippen LogP contribution is 2.21. The number of halogens is 1. The maximum Gasteiger partial charge on any atom is 0.337 e. The maximum atomic E-state index is 11.4. The number of carboxylic acid groups (broad SMARTS) is 1. The highest BCUT2D eigenvalue weighted by atomic mass is 35.5. The van der Waals surface area contributed by atoms with Gasteiger partial charge in [-0.15, -0.1) is 0 Å². The summed E-state index contributed by atoms with van der Waals surface area (Å²) in [4.78, 5) is 22.3. The summed E-state index contributed by atoms with van der Waals surface area (Å²) in [5, 5.41) is 13.1. The highest BCUT2D eigenvalue weighted by molar-refractivity contribution is 6.31. The van der Waals surface area contributed by atoms with Crippen LogP contribution in [0.15, 0.2) is 18.2 Å². The fourth-order valence-corrected chi connectivity index (χ4v) is 1.33. The summed E-state index contributed by atoms with van der Waals surface area (Å²) in [5.74, 6) is -1.14. The van der Waals surface area contributed by atoms with E-state index in [0.717, 1.165) is 0 Å². The van der Waals surface area contributed by atoms with Crippen molar-refractivity contribution in [2.24, 2.45) is 0 Å². The van der Waals surface area contributed by atoms with E-state index in [1.807, 2.05) is 0 Å². The van der Waals surface area contributed by atoms with Gasteiger partial charge in [0.2, 0.25) is 0 Å². The molecule has 0 saturated heterocycles. The molecule has 0 spiro atoms. The smallest absolute Gasteiger partial charge is 0.337 e. The van der Waals surface area contributed by atoms with Gasteiger partial charge in [0.1, 0.15) is 0 Å². The molecule has 0 aliphatic heterocycles. The van der Waals surface area contributed by atoms with E-state index in [1.165, 1.54) is 23.2 Å². The summed E-state index contributed by atoms with van der Waals surface area (Å²) in [6.07, 6.45) is 0. The van der Waals surface area contributed by atoms with Crippen molar-refractivity contribution in [3.05, 3.63) is 28.8 Å². The fourth-order valence-electron chi connectivity index (χ4n) is 1.16. The molecule has 92 valence electrons. The van der Waals surface area contributed by atoms with E-state index in [9.17, 15) is 9.59 Å². The second-order valence-corrected chi connectivity index (χ2v) is 3.89. The second-order valence-electron chi connectivity index (χ2n) is 3.46. The summed E-state index contributed by atoms with van der Waals surface area (Å²) >= 11 is 5.74. The van der Waals surface area contributed by atoms with Gasteiger partial charge in [0.05, 0.1) is 11.3 Å². The SMILES string of the molecule is CN(C)NC(=O)Nc1cc(Cl)ccc1C(=O)O. The first-order valence-corrected chi connectivity index (χ1v) is 5.05. The van der Waals surface area contributed by atoms with Crippen LogP contribution in [0.1, 0.15) is 10.4 Å². The third-order valence-corrected chi connectivity index (χ3v) is 2.02. The number of carboxylic acids is 1. The molecular weight excluding hydrogens is 246 g/mol. The van der Waals surface area contributed by atoms with Crippen LogP contribution in [-0.4, -0.2) is 36.2 Å². The van der Waals surface area contributed by atoms with Crippen molar-refractivity contribution >= 4 is 29.3 Å². The van der Waals surface area contributed by atoms with Gasteiger partial charge in [-0.3, -0.25) is 5.43 Å². The molecule has 0 radical (unpaired) electrons. The Morgan fingerprint density at radius 2 is 2.00 bits per heavy atom. The van der Waals surface area contributed by atoms with Crippen LogP contribution in [0, 0.1) is 0 Å². The van der Waals surface area contributed by atoms with E-state index in [2.05, 4.69) is 10.7 Å². The Balaban J connectivity index is 2.92. The molecule has 1 rings (SSSR count). The molecule has 6 nitrogen and oxygen atoms in total. The van der Waals surface area contributed by atoms with Crippen LogP contribution in [0.3, 0.4) is 0 Å². The Morgan fingerprint density at radius 1 is 1.35 bits per heavy atom. The van der Waals surface area contributed by atoms with Crippen LogP contribution in [-0.2, 0) is 0 Å². The zero-order valence-electron chi connectivity index (χ0n) is 9.32. The van der Waals surface area contributed by atoms with E-state index < -0.39 is 12.0 Å². The van der Waals surface area contributed by atoms with Crippen molar-refractivity contribution in [1.82, 2.24) is 10.4 Å². The van der Waals surface area contributed by atoms with Crippen molar-refractivity contribution in [3.8, 4) is 0 Å². The third kappa shape index (κ3) is 3.93. The predicted octanol–water partition coefficient (Wildman–Crippen LogP) is 1.64. The summed E-state index contributed by atoms with van der Waals surface area (Å²) in [5.41, 5.74) is 2.54. The molecule has 0 aromatic heterocycles. The molecule has 17 heavy (non-hydrogen) atoms. The fraction of sp³-hybridized carbons (Fsp3) is 0.200. The number of amides is 2. The van der Waals surface area contributed by atoms with Crippen LogP contribution in [0.2, 0.25) is 5.02 Å². The zero-order chi connectivity index (χ0) is 13.0. The van der Waals surface area contributed by atoms with Gasteiger partial charge in [-0.2, -0.15) is 0 Å². The lowest BCUT2D eigenvalue weighted by molar-refractivity contribution is 0.0698. The number of rotatable bonds is 3. The standard InChI is InChI=1S/C10H12ClN3O3/c1-14(2)13-10(17)12-8-5-6(11)3-4-7(8)9(15)16/h3-5H,1-2H3,(H,15,16)(H2,12,13,17). The molecule has 0 fully saturated rings. The molecular formula is C10H12ClN3O3. The first-order chi connectivity index (χ1) is 7.90. The molecule has 2 amide bonds. The van der Waals surface area contributed by atoms with Crippen molar-refractivity contribution in [2.75, 3.05) is 19.4 Å². The summed E-state index contributed by atoms with van der Waals surface area (Å²) in [6.45, 7) is 0. The number of hydrazine groups is 1. The number of aromatic carboxylic acids is 1. The summed E-state index contributed by atoms with van der Waals surface area (Å²) in [6, 6.07) is 3.61. The minimum atomic E-state index is -1.14. The summed E-state index contributed by atoms with van der Waals surface area (Å²) in [7, 11) is 3.27. The lowest BCUT2D eigenvalue weighted by Gasteiger charge is -2.14. The van der Waals surface area contributed by atoms with Gasteiger partial charge in [0, 0.05) is 19.1 Å². The number of anilines is 1. The normalized spacial score (nSPS) is 10.1. The van der Waals surface area contributed by atoms with Crippen LogP contribution in [0.4, 0.5) is 10.5 Å². The first kappa shape index (κ1) is 13.3. The maximum absolute atomic E-state index is 11.4. The van der Waals surface area contributed by atoms with Gasteiger partial charge in [0.15, 0.2) is 0 Å². The number of carbonyl (C=O) groups excluding carboxylic acids is 1. The van der Waals surface area contributed by atoms with E-state index in [4.69, 9.17) is 16.7 Å². The Labute approximate surface area is 103 Å². The molecule has 0 heterocycles. The molecule has 0 unspecified atom stereocenters. The minimum Gasteiger partial charge on any atom is -0.478 e. The molecule has 3 N–H and O–H groups in total. The van der Waals surface area contributed by atoms with Crippen LogP contribution >= 0.6 is 11.6 Å². The number of nitrogens with zero attached hydrogens (tertiary/aromatic N) is 1. The van der Waals surface area contributed by atoms with Crippen molar-refractivity contribution < 1.29 is 14.7 Å². The number of carbonyl (C=O) groups is 2. The van der Waals surface area contributed by atoms with Gasteiger partial charge >= 0.3 is 12.0 Å².